The van der Waals surface area contributed by atoms with Crippen LogP contribution in [0.5, 0.6) is 0 Å². The van der Waals surface area contributed by atoms with E-state index in [4.69, 9.17) is 9.15 Å². The number of carbonyl (C=O) groups excluding carboxylic acids is 1. The largest absolute Gasteiger partial charge is 0.466 e. The van der Waals surface area contributed by atoms with Crippen LogP contribution < -0.4 is 0 Å². The summed E-state index contributed by atoms with van der Waals surface area (Å²) in [7, 11) is 0. The third-order valence-corrected chi connectivity index (χ3v) is 4.08. The Labute approximate surface area is 127 Å². The summed E-state index contributed by atoms with van der Waals surface area (Å²) < 4.78 is 24.5. The molecule has 0 saturated carbocycles. The number of ether oxygens (including phenoxy) is 1. The lowest BCUT2D eigenvalue weighted by atomic mass is 10.1. The van der Waals surface area contributed by atoms with Gasteiger partial charge in [-0.2, -0.15) is 0 Å². The topological polar surface area (TPSA) is 39.4 Å². The van der Waals surface area contributed by atoms with Gasteiger partial charge in [-0.1, -0.05) is 13.8 Å². The summed E-state index contributed by atoms with van der Waals surface area (Å²) in [6, 6.07) is 2.90. The van der Waals surface area contributed by atoms with Crippen LogP contribution in [0.4, 0.5) is 4.39 Å². The average molecular weight is 310 g/mol. The summed E-state index contributed by atoms with van der Waals surface area (Å²) >= 11 is 1.57. The van der Waals surface area contributed by atoms with E-state index >= 15 is 0 Å². The van der Waals surface area contributed by atoms with E-state index in [0.29, 0.717) is 23.2 Å². The van der Waals surface area contributed by atoms with E-state index in [1.54, 1.807) is 25.6 Å². The Balaban J connectivity index is 2.52. The van der Waals surface area contributed by atoms with Crippen LogP contribution in [0.15, 0.2) is 21.4 Å². The van der Waals surface area contributed by atoms with Gasteiger partial charge in [0.25, 0.3) is 0 Å². The zero-order chi connectivity index (χ0) is 15.6. The van der Waals surface area contributed by atoms with Crippen LogP contribution in [0.25, 0.3) is 11.0 Å². The molecule has 0 spiro atoms. The second-order valence-corrected chi connectivity index (χ2v) is 6.69. The van der Waals surface area contributed by atoms with Gasteiger partial charge in [-0.15, -0.1) is 11.8 Å². The number of benzene rings is 1. The van der Waals surface area contributed by atoms with Gasteiger partial charge < -0.3 is 9.15 Å². The van der Waals surface area contributed by atoms with Crippen LogP contribution in [0.3, 0.4) is 0 Å². The molecule has 1 aromatic carbocycles. The molecule has 1 heterocycles. The third-order valence-electron chi connectivity index (χ3n) is 2.93. The van der Waals surface area contributed by atoms with Crippen LogP contribution >= 0.6 is 11.8 Å². The summed E-state index contributed by atoms with van der Waals surface area (Å²) in [5, 5.41) is 1.03. The fraction of sp³-hybridized carbons (Fsp3) is 0.438. The Bertz CT molecular complexity index is 661. The van der Waals surface area contributed by atoms with Gasteiger partial charge in [0.15, 0.2) is 0 Å². The van der Waals surface area contributed by atoms with Gasteiger partial charge in [0.1, 0.15) is 23.6 Å². The molecule has 0 fully saturated rings. The zero-order valence-electron chi connectivity index (χ0n) is 12.7. The van der Waals surface area contributed by atoms with Gasteiger partial charge in [0.2, 0.25) is 0 Å². The van der Waals surface area contributed by atoms with Crippen molar-refractivity contribution in [2.45, 2.75) is 44.3 Å². The van der Waals surface area contributed by atoms with Crippen molar-refractivity contribution in [2.24, 2.45) is 0 Å². The Morgan fingerprint density at radius 1 is 1.43 bits per heavy atom. The number of hydrogen-bond donors (Lipinski definition) is 0. The van der Waals surface area contributed by atoms with Crippen molar-refractivity contribution in [3.8, 4) is 0 Å². The summed E-state index contributed by atoms with van der Waals surface area (Å²) in [5.74, 6) is -0.0785. The fourth-order valence-electron chi connectivity index (χ4n) is 2.18. The van der Waals surface area contributed by atoms with Crippen LogP contribution in [0.2, 0.25) is 0 Å². The van der Waals surface area contributed by atoms with Crippen molar-refractivity contribution in [1.82, 2.24) is 0 Å². The molecule has 0 aliphatic carbocycles. The number of hydrogen-bond acceptors (Lipinski definition) is 4. The van der Waals surface area contributed by atoms with Crippen molar-refractivity contribution < 1.29 is 18.3 Å². The quantitative estimate of drug-likeness (QED) is 0.602. The van der Waals surface area contributed by atoms with Gasteiger partial charge in [-0.3, -0.25) is 4.79 Å². The lowest BCUT2D eigenvalue weighted by Crippen LogP contribution is -2.07. The molecule has 114 valence electrons. The second kappa shape index (κ2) is 6.52. The SMILES string of the molecule is CCOC(=O)Cc1oc2c(C)cc(F)cc2c1SC(C)C. The van der Waals surface area contributed by atoms with Crippen molar-refractivity contribution >= 4 is 28.7 Å². The van der Waals surface area contributed by atoms with Crippen molar-refractivity contribution in [3.05, 3.63) is 29.3 Å². The van der Waals surface area contributed by atoms with E-state index in [0.717, 1.165) is 15.8 Å². The minimum Gasteiger partial charge on any atom is -0.466 e. The molecule has 5 heteroatoms. The Morgan fingerprint density at radius 2 is 2.14 bits per heavy atom. The molecule has 1 aromatic heterocycles. The lowest BCUT2D eigenvalue weighted by Gasteiger charge is -2.06. The van der Waals surface area contributed by atoms with Gasteiger partial charge >= 0.3 is 5.97 Å². The summed E-state index contributed by atoms with van der Waals surface area (Å²) in [6.07, 6.45) is 0.0681. The highest BCUT2D eigenvalue weighted by atomic mass is 32.2. The number of aryl methyl sites for hydroxylation is 1. The Kier molecular flexibility index (Phi) is 4.93. The zero-order valence-corrected chi connectivity index (χ0v) is 13.5. The molecular weight excluding hydrogens is 291 g/mol. The summed E-state index contributed by atoms with van der Waals surface area (Å²) in [6.45, 7) is 7.99. The maximum absolute atomic E-state index is 13.7. The molecule has 0 atom stereocenters. The molecule has 0 unspecified atom stereocenters. The second-order valence-electron chi connectivity index (χ2n) is 5.10. The van der Waals surface area contributed by atoms with E-state index in [1.807, 2.05) is 13.8 Å². The molecule has 0 amide bonds. The normalized spacial score (nSPS) is 11.3. The minimum atomic E-state index is -0.333. The first-order valence-corrected chi connectivity index (χ1v) is 7.84. The maximum Gasteiger partial charge on any atom is 0.313 e. The smallest absolute Gasteiger partial charge is 0.313 e. The van der Waals surface area contributed by atoms with Crippen LogP contribution in [-0.4, -0.2) is 17.8 Å². The molecule has 21 heavy (non-hydrogen) atoms. The highest BCUT2D eigenvalue weighted by molar-refractivity contribution is 8.00. The fourth-order valence-corrected chi connectivity index (χ4v) is 3.17. The van der Waals surface area contributed by atoms with Crippen LogP contribution in [-0.2, 0) is 16.0 Å². The Morgan fingerprint density at radius 3 is 2.76 bits per heavy atom. The minimum absolute atomic E-state index is 0.0681. The molecule has 0 aliphatic heterocycles. The number of furan rings is 1. The molecule has 2 rings (SSSR count). The number of rotatable bonds is 5. The molecule has 0 saturated heterocycles. The molecule has 0 N–H and O–H groups in total. The monoisotopic (exact) mass is 310 g/mol. The maximum atomic E-state index is 13.7. The van der Waals surface area contributed by atoms with E-state index < -0.39 is 0 Å². The van der Waals surface area contributed by atoms with Crippen LogP contribution in [0, 0.1) is 12.7 Å². The molecule has 3 nitrogen and oxygen atoms in total. The predicted octanol–water partition coefficient (Wildman–Crippen LogP) is 4.49. The summed E-state index contributed by atoms with van der Waals surface area (Å²) in [5.41, 5.74) is 1.37. The average Bonchev–Trinajstić information content (AvgIpc) is 2.68. The van der Waals surface area contributed by atoms with Gasteiger partial charge in [-0.25, -0.2) is 4.39 Å². The first-order chi connectivity index (χ1) is 9.92. The van der Waals surface area contributed by atoms with Crippen molar-refractivity contribution in [1.29, 1.82) is 0 Å². The lowest BCUT2D eigenvalue weighted by molar-refractivity contribution is -0.142. The number of carbonyl (C=O) groups is 1. The number of esters is 1. The van der Waals surface area contributed by atoms with Gasteiger partial charge in [0, 0.05) is 10.6 Å². The first-order valence-electron chi connectivity index (χ1n) is 6.96. The van der Waals surface area contributed by atoms with Gasteiger partial charge in [-0.05, 0) is 31.5 Å². The predicted molar refractivity (Wildman–Crippen MR) is 82.2 cm³/mol. The summed E-state index contributed by atoms with van der Waals surface area (Å²) in [4.78, 5) is 12.5. The first kappa shape index (κ1) is 15.9. The van der Waals surface area contributed by atoms with E-state index in [9.17, 15) is 9.18 Å². The molecule has 0 radical (unpaired) electrons. The number of fused-ring (bicyclic) bond motifs is 1. The standard InChI is InChI=1S/C16H19FO3S/c1-5-19-14(18)8-13-16(21-9(2)3)12-7-11(17)6-10(4)15(12)20-13/h6-7,9H,5,8H2,1-4H3. The van der Waals surface area contributed by atoms with Gasteiger partial charge in [0.05, 0.1) is 11.5 Å². The third kappa shape index (κ3) is 3.59. The molecule has 0 bridgehead atoms. The van der Waals surface area contributed by atoms with E-state index in [2.05, 4.69) is 0 Å². The van der Waals surface area contributed by atoms with Crippen LogP contribution in [0.1, 0.15) is 32.1 Å². The molecular formula is C16H19FO3S. The number of halogens is 1. The highest BCUT2D eigenvalue weighted by Gasteiger charge is 2.21. The van der Waals surface area contributed by atoms with Crippen molar-refractivity contribution in [3.63, 3.8) is 0 Å². The van der Waals surface area contributed by atoms with E-state index in [-0.39, 0.29) is 18.2 Å². The number of thioether (sulfide) groups is 1. The molecule has 0 aliphatic rings. The highest BCUT2D eigenvalue weighted by Crippen LogP contribution is 2.38. The Hall–Kier alpha value is -1.49. The van der Waals surface area contributed by atoms with Crippen molar-refractivity contribution in [2.75, 3.05) is 6.61 Å². The van der Waals surface area contributed by atoms with E-state index in [1.165, 1.54) is 12.1 Å². The molecule has 2 aromatic rings.